The molecule has 1 aliphatic rings. The van der Waals surface area contributed by atoms with Crippen molar-refractivity contribution in [3.05, 3.63) is 33.0 Å². The third-order valence-corrected chi connectivity index (χ3v) is 5.71. The molecule has 0 saturated heterocycles. The lowest BCUT2D eigenvalue weighted by molar-refractivity contribution is 0.112. The molecule has 3 nitrogen and oxygen atoms in total. The number of carbonyl (C=O) groups is 1. The molecule has 2 aromatic rings. The number of aromatic nitrogens is 1. The number of carbonyl (C=O) groups excluding carboxylic acids is 1. The maximum atomic E-state index is 11.1. The molecule has 100 valence electrons. The molecule has 0 amide bonds. The Hall–Kier alpha value is -1.20. The summed E-state index contributed by atoms with van der Waals surface area (Å²) in [5, 5.41) is 3.04. The van der Waals surface area contributed by atoms with E-state index >= 15 is 0 Å². The van der Waals surface area contributed by atoms with Gasteiger partial charge in [-0.2, -0.15) is 0 Å². The van der Waals surface area contributed by atoms with E-state index in [1.165, 1.54) is 29.1 Å². The molecule has 19 heavy (non-hydrogen) atoms. The van der Waals surface area contributed by atoms with E-state index in [0.29, 0.717) is 5.92 Å². The van der Waals surface area contributed by atoms with E-state index in [-0.39, 0.29) is 6.04 Å². The van der Waals surface area contributed by atoms with Gasteiger partial charge < -0.3 is 4.90 Å². The molecule has 0 spiro atoms. The molecule has 0 aromatic carbocycles. The average Bonchev–Trinajstić information content (AvgIpc) is 2.97. The summed E-state index contributed by atoms with van der Waals surface area (Å²) in [5.74, 6) is 0.524. The molecule has 1 atom stereocenters. The molecule has 1 aliphatic carbocycles. The molecule has 3 rings (SSSR count). The van der Waals surface area contributed by atoms with Crippen LogP contribution in [0.15, 0.2) is 17.5 Å². The smallest absolute Gasteiger partial charge is 0.186 e. The van der Waals surface area contributed by atoms with Crippen LogP contribution < -0.4 is 4.90 Å². The maximum absolute atomic E-state index is 11.1. The fourth-order valence-electron chi connectivity index (χ4n) is 2.10. The molecular weight excluding hydrogens is 276 g/mol. The number of nitrogens with zero attached hydrogens (tertiary/aromatic N) is 2. The number of anilines is 1. The number of thiazole rings is 1. The van der Waals surface area contributed by atoms with Crippen molar-refractivity contribution in [2.45, 2.75) is 31.7 Å². The second-order valence-corrected chi connectivity index (χ2v) is 6.93. The van der Waals surface area contributed by atoms with E-state index in [2.05, 4.69) is 36.4 Å². The first-order chi connectivity index (χ1) is 9.20. The first-order valence-corrected chi connectivity index (χ1v) is 8.12. The number of aldehydes is 1. The average molecular weight is 292 g/mol. The van der Waals surface area contributed by atoms with Gasteiger partial charge >= 0.3 is 0 Å². The SMILES string of the molecule is CC(c1cccs1)N(C)c1nc(C2CC2)c(C=O)s1. The minimum Gasteiger partial charge on any atom is -0.344 e. The van der Waals surface area contributed by atoms with Gasteiger partial charge in [-0.1, -0.05) is 17.4 Å². The standard InChI is InChI=1S/C14H16N2OS2/c1-9(11-4-3-7-18-11)16(2)14-15-13(10-5-6-10)12(8-17)19-14/h3-4,7-10H,5-6H2,1-2H3. The third-order valence-electron chi connectivity index (χ3n) is 3.58. The normalized spacial score (nSPS) is 16.3. The summed E-state index contributed by atoms with van der Waals surface area (Å²) in [6.07, 6.45) is 3.31. The van der Waals surface area contributed by atoms with E-state index in [4.69, 9.17) is 4.98 Å². The molecule has 1 unspecified atom stereocenters. The minimum absolute atomic E-state index is 0.290. The van der Waals surface area contributed by atoms with Crippen molar-refractivity contribution in [2.75, 3.05) is 11.9 Å². The van der Waals surface area contributed by atoms with Gasteiger partial charge in [0.1, 0.15) is 0 Å². The van der Waals surface area contributed by atoms with E-state index in [1.807, 2.05) is 0 Å². The minimum atomic E-state index is 0.290. The van der Waals surface area contributed by atoms with Crippen LogP contribution in [0, 0.1) is 0 Å². The second kappa shape index (κ2) is 5.06. The Labute approximate surface area is 120 Å². The van der Waals surface area contributed by atoms with E-state index in [0.717, 1.165) is 22.0 Å². The van der Waals surface area contributed by atoms with E-state index in [1.54, 1.807) is 11.3 Å². The molecule has 0 bridgehead atoms. The molecule has 1 saturated carbocycles. The van der Waals surface area contributed by atoms with Crippen molar-refractivity contribution in [1.82, 2.24) is 4.98 Å². The van der Waals surface area contributed by atoms with Crippen LogP contribution in [-0.4, -0.2) is 18.3 Å². The highest BCUT2D eigenvalue weighted by atomic mass is 32.1. The Morgan fingerprint density at radius 2 is 2.32 bits per heavy atom. The summed E-state index contributed by atoms with van der Waals surface area (Å²) in [5.41, 5.74) is 1.01. The predicted octanol–water partition coefficient (Wildman–Crippen LogP) is 4.09. The van der Waals surface area contributed by atoms with Gasteiger partial charge in [-0.05, 0) is 31.2 Å². The van der Waals surface area contributed by atoms with Gasteiger partial charge in [0.15, 0.2) is 11.4 Å². The molecule has 5 heteroatoms. The topological polar surface area (TPSA) is 33.2 Å². The predicted molar refractivity (Wildman–Crippen MR) is 80.6 cm³/mol. The highest BCUT2D eigenvalue weighted by Gasteiger charge is 2.30. The van der Waals surface area contributed by atoms with Crippen LogP contribution in [0.1, 0.15) is 52.0 Å². The van der Waals surface area contributed by atoms with Gasteiger partial charge in [0.05, 0.1) is 16.6 Å². The largest absolute Gasteiger partial charge is 0.344 e. The summed E-state index contributed by atoms with van der Waals surface area (Å²) >= 11 is 3.27. The highest BCUT2D eigenvalue weighted by Crippen LogP contribution is 2.44. The van der Waals surface area contributed by atoms with Crippen LogP contribution in [0.2, 0.25) is 0 Å². The molecule has 2 heterocycles. The summed E-state index contributed by atoms with van der Waals surface area (Å²) in [7, 11) is 2.05. The van der Waals surface area contributed by atoms with Crippen molar-refractivity contribution < 1.29 is 4.79 Å². The van der Waals surface area contributed by atoms with Crippen LogP contribution in [0.5, 0.6) is 0 Å². The fraction of sp³-hybridized carbons (Fsp3) is 0.429. The maximum Gasteiger partial charge on any atom is 0.186 e. The van der Waals surface area contributed by atoms with Crippen LogP contribution in [-0.2, 0) is 0 Å². The lowest BCUT2D eigenvalue weighted by atomic mass is 10.2. The summed E-state index contributed by atoms with van der Waals surface area (Å²) in [6, 6.07) is 4.50. The van der Waals surface area contributed by atoms with Crippen molar-refractivity contribution >= 4 is 34.1 Å². The van der Waals surface area contributed by atoms with E-state index < -0.39 is 0 Å². The van der Waals surface area contributed by atoms with Crippen LogP contribution in [0.3, 0.4) is 0 Å². The number of hydrogen-bond acceptors (Lipinski definition) is 5. The van der Waals surface area contributed by atoms with Gasteiger partial charge in [0.2, 0.25) is 0 Å². The summed E-state index contributed by atoms with van der Waals surface area (Å²) < 4.78 is 0. The zero-order valence-electron chi connectivity index (χ0n) is 11.0. The van der Waals surface area contributed by atoms with Crippen molar-refractivity contribution in [2.24, 2.45) is 0 Å². The zero-order valence-corrected chi connectivity index (χ0v) is 12.6. The van der Waals surface area contributed by atoms with Gasteiger partial charge in [0, 0.05) is 17.8 Å². The van der Waals surface area contributed by atoms with Crippen molar-refractivity contribution in [3.8, 4) is 0 Å². The first-order valence-electron chi connectivity index (χ1n) is 6.43. The number of rotatable bonds is 5. The summed E-state index contributed by atoms with van der Waals surface area (Å²) in [4.78, 5) is 20.1. The Kier molecular flexibility index (Phi) is 3.41. The Morgan fingerprint density at radius 3 is 2.89 bits per heavy atom. The van der Waals surface area contributed by atoms with Gasteiger partial charge in [-0.25, -0.2) is 4.98 Å². The van der Waals surface area contributed by atoms with Gasteiger partial charge in [0.25, 0.3) is 0 Å². The molecular formula is C14H16N2OS2. The van der Waals surface area contributed by atoms with Crippen molar-refractivity contribution in [3.63, 3.8) is 0 Å². The second-order valence-electron chi connectivity index (χ2n) is 4.94. The summed E-state index contributed by atoms with van der Waals surface area (Å²) in [6.45, 7) is 2.17. The Balaban J connectivity index is 1.87. The van der Waals surface area contributed by atoms with Crippen LogP contribution >= 0.6 is 22.7 Å². The lowest BCUT2D eigenvalue weighted by Gasteiger charge is -2.23. The zero-order chi connectivity index (χ0) is 13.4. The van der Waals surface area contributed by atoms with Gasteiger partial charge in [-0.3, -0.25) is 4.79 Å². The number of hydrogen-bond donors (Lipinski definition) is 0. The third kappa shape index (κ3) is 2.44. The van der Waals surface area contributed by atoms with E-state index in [9.17, 15) is 4.79 Å². The Bertz CT molecular complexity index is 572. The van der Waals surface area contributed by atoms with Crippen LogP contribution in [0.4, 0.5) is 5.13 Å². The van der Waals surface area contributed by atoms with Gasteiger partial charge in [-0.15, -0.1) is 11.3 Å². The quantitative estimate of drug-likeness (QED) is 0.778. The van der Waals surface area contributed by atoms with Crippen molar-refractivity contribution in [1.29, 1.82) is 0 Å². The fourth-order valence-corrected chi connectivity index (χ4v) is 3.94. The molecule has 0 radical (unpaired) electrons. The molecule has 0 aliphatic heterocycles. The molecule has 2 aromatic heterocycles. The number of thiophene rings is 1. The van der Waals surface area contributed by atoms with Crippen LogP contribution in [0.25, 0.3) is 0 Å². The lowest BCUT2D eigenvalue weighted by Crippen LogP contribution is -2.20. The molecule has 1 fully saturated rings. The monoisotopic (exact) mass is 292 g/mol. The first kappa shape index (κ1) is 12.8. The Morgan fingerprint density at radius 1 is 1.53 bits per heavy atom. The molecule has 0 N–H and O–H groups in total. The highest BCUT2D eigenvalue weighted by molar-refractivity contribution is 7.17.